The van der Waals surface area contributed by atoms with Crippen LogP contribution in [0.4, 0.5) is 0 Å². The summed E-state index contributed by atoms with van der Waals surface area (Å²) < 4.78 is 12.7. The summed E-state index contributed by atoms with van der Waals surface area (Å²) in [5, 5.41) is 4.26. The molecule has 3 aromatic heterocycles. The van der Waals surface area contributed by atoms with Crippen LogP contribution in [0.3, 0.4) is 0 Å². The summed E-state index contributed by atoms with van der Waals surface area (Å²) >= 11 is 1.24. The minimum Gasteiger partial charge on any atom is -0.328 e. The number of aryl methyl sites for hydroxylation is 1. The first-order valence-electron chi connectivity index (χ1n) is 7.54. The van der Waals surface area contributed by atoms with Crippen molar-refractivity contribution in [2.75, 3.05) is 0 Å². The fraction of sp³-hybridized carbons (Fsp3) is 0.250. The number of hydrogen-bond acceptors (Lipinski definition) is 5. The number of rotatable bonds is 5. The van der Waals surface area contributed by atoms with E-state index in [0.29, 0.717) is 6.04 Å². The lowest BCUT2D eigenvalue weighted by Gasteiger charge is -2.16. The molecule has 4 aromatic rings. The molecule has 0 radical (unpaired) electrons. The van der Waals surface area contributed by atoms with E-state index in [1.54, 1.807) is 0 Å². The van der Waals surface area contributed by atoms with Gasteiger partial charge < -0.3 is 4.57 Å². The molecule has 4 rings (SSSR count). The van der Waals surface area contributed by atoms with Crippen molar-refractivity contribution in [2.45, 2.75) is 25.9 Å². The van der Waals surface area contributed by atoms with E-state index in [1.165, 1.54) is 11.7 Å². The molecule has 1 atom stereocenters. The van der Waals surface area contributed by atoms with Crippen LogP contribution in [-0.2, 0) is 6.54 Å². The maximum Gasteiger partial charge on any atom is 0.140 e. The van der Waals surface area contributed by atoms with Crippen LogP contribution in [-0.4, -0.2) is 28.1 Å². The Hall–Kier alpha value is -2.54. The Morgan fingerprint density at radius 3 is 2.91 bits per heavy atom. The molecule has 116 valence electrons. The lowest BCUT2D eigenvalue weighted by atomic mass is 10.1. The zero-order valence-corrected chi connectivity index (χ0v) is 13.5. The second-order valence-electron chi connectivity index (χ2n) is 5.53. The Balaban J connectivity index is 1.59. The van der Waals surface area contributed by atoms with E-state index in [2.05, 4.69) is 42.5 Å². The molecule has 23 heavy (non-hydrogen) atoms. The van der Waals surface area contributed by atoms with Crippen molar-refractivity contribution in [1.29, 1.82) is 0 Å². The molecule has 0 saturated carbocycles. The first-order valence-corrected chi connectivity index (χ1v) is 8.27. The third kappa shape index (κ3) is 2.75. The van der Waals surface area contributed by atoms with Crippen LogP contribution in [0.5, 0.6) is 0 Å². The molecule has 3 heterocycles. The van der Waals surface area contributed by atoms with Gasteiger partial charge in [-0.3, -0.25) is 4.68 Å². The molecule has 0 bridgehead atoms. The van der Waals surface area contributed by atoms with Crippen molar-refractivity contribution in [1.82, 2.24) is 28.1 Å². The van der Waals surface area contributed by atoms with Crippen LogP contribution < -0.4 is 0 Å². The second-order valence-corrected chi connectivity index (χ2v) is 6.06. The Morgan fingerprint density at radius 1 is 1.13 bits per heavy atom. The van der Waals surface area contributed by atoms with Crippen molar-refractivity contribution in [3.63, 3.8) is 0 Å². The molecule has 0 aliphatic heterocycles. The van der Waals surface area contributed by atoms with E-state index in [9.17, 15) is 0 Å². The lowest BCUT2D eigenvalue weighted by molar-refractivity contribution is 0.449. The third-order valence-corrected chi connectivity index (χ3v) is 4.55. The van der Waals surface area contributed by atoms with Gasteiger partial charge in [0, 0.05) is 42.9 Å². The van der Waals surface area contributed by atoms with Crippen LogP contribution in [0.2, 0.25) is 0 Å². The monoisotopic (exact) mass is 324 g/mol. The Bertz CT molecular complexity index is 908. The highest BCUT2D eigenvalue weighted by atomic mass is 32.1. The van der Waals surface area contributed by atoms with E-state index >= 15 is 0 Å². The molecule has 0 fully saturated rings. The van der Waals surface area contributed by atoms with Gasteiger partial charge in [0.1, 0.15) is 16.9 Å². The molecular weight excluding hydrogens is 308 g/mol. The zero-order valence-electron chi connectivity index (χ0n) is 12.7. The highest BCUT2D eigenvalue weighted by Crippen LogP contribution is 2.25. The molecule has 0 aliphatic carbocycles. The number of imidazole rings is 1. The molecule has 0 aliphatic rings. The molecular formula is C16H16N6S. The molecule has 0 spiro atoms. The SMILES string of the molecule is CC(CCn1cccn1)n1ccnc1-c1ccc2nsnc2c1. The number of fused-ring (bicyclic) bond motifs is 1. The van der Waals surface area contributed by atoms with Gasteiger partial charge >= 0.3 is 0 Å². The number of aromatic nitrogens is 6. The summed E-state index contributed by atoms with van der Waals surface area (Å²) in [4.78, 5) is 4.54. The number of nitrogens with zero attached hydrogens (tertiary/aromatic N) is 6. The normalized spacial score (nSPS) is 12.7. The Morgan fingerprint density at radius 2 is 2.04 bits per heavy atom. The fourth-order valence-corrected chi connectivity index (χ4v) is 3.22. The summed E-state index contributed by atoms with van der Waals surface area (Å²) in [6.07, 6.45) is 8.68. The average Bonchev–Trinajstić information content (AvgIpc) is 3.32. The first-order chi connectivity index (χ1) is 11.3. The molecule has 0 amide bonds. The van der Waals surface area contributed by atoms with Gasteiger partial charge in [0.25, 0.3) is 0 Å². The van der Waals surface area contributed by atoms with E-state index in [4.69, 9.17) is 0 Å². The van der Waals surface area contributed by atoms with Gasteiger partial charge in [-0.05, 0) is 37.6 Å². The van der Waals surface area contributed by atoms with Gasteiger partial charge in [0.15, 0.2) is 0 Å². The summed E-state index contributed by atoms with van der Waals surface area (Å²) in [5.41, 5.74) is 2.93. The van der Waals surface area contributed by atoms with Crippen molar-refractivity contribution < 1.29 is 0 Å². The van der Waals surface area contributed by atoms with Crippen LogP contribution in [0.1, 0.15) is 19.4 Å². The minimum atomic E-state index is 0.334. The van der Waals surface area contributed by atoms with Gasteiger partial charge in [0.05, 0.1) is 11.7 Å². The maximum absolute atomic E-state index is 4.54. The predicted molar refractivity (Wildman–Crippen MR) is 90.2 cm³/mol. The van der Waals surface area contributed by atoms with Crippen LogP contribution in [0.15, 0.2) is 49.1 Å². The fourth-order valence-electron chi connectivity index (χ4n) is 2.70. The van der Waals surface area contributed by atoms with Gasteiger partial charge in [-0.2, -0.15) is 13.8 Å². The highest BCUT2D eigenvalue weighted by Gasteiger charge is 2.13. The summed E-state index contributed by atoms with van der Waals surface area (Å²) in [6.45, 7) is 3.10. The molecule has 0 saturated heterocycles. The second kappa shape index (κ2) is 5.92. The first kappa shape index (κ1) is 14.1. The molecule has 1 unspecified atom stereocenters. The van der Waals surface area contributed by atoms with E-state index in [1.807, 2.05) is 41.6 Å². The van der Waals surface area contributed by atoms with Crippen LogP contribution in [0.25, 0.3) is 22.4 Å². The third-order valence-electron chi connectivity index (χ3n) is 3.99. The van der Waals surface area contributed by atoms with Gasteiger partial charge in [0.2, 0.25) is 0 Å². The van der Waals surface area contributed by atoms with Crippen molar-refractivity contribution in [3.8, 4) is 11.4 Å². The highest BCUT2D eigenvalue weighted by molar-refractivity contribution is 7.00. The van der Waals surface area contributed by atoms with E-state index < -0.39 is 0 Å². The van der Waals surface area contributed by atoms with Gasteiger partial charge in [-0.25, -0.2) is 4.98 Å². The molecule has 1 aromatic carbocycles. The maximum atomic E-state index is 4.54. The quantitative estimate of drug-likeness (QED) is 0.564. The molecule has 7 heteroatoms. The Labute approximate surface area is 137 Å². The summed E-state index contributed by atoms with van der Waals surface area (Å²) in [7, 11) is 0. The number of hydrogen-bond donors (Lipinski definition) is 0. The van der Waals surface area contributed by atoms with Crippen LogP contribution in [0, 0.1) is 0 Å². The molecule has 0 N–H and O–H groups in total. The van der Waals surface area contributed by atoms with Crippen molar-refractivity contribution in [3.05, 3.63) is 49.1 Å². The largest absolute Gasteiger partial charge is 0.328 e. The standard InChI is InChI=1S/C16H16N6S/c1-12(5-9-21-8-2-6-18-21)22-10-7-17-16(22)13-3-4-14-15(11-13)20-23-19-14/h2-4,6-8,10-12H,5,9H2,1H3. The van der Waals surface area contributed by atoms with Crippen molar-refractivity contribution >= 4 is 22.8 Å². The average molecular weight is 324 g/mol. The zero-order chi connectivity index (χ0) is 15.6. The molecule has 6 nitrogen and oxygen atoms in total. The topological polar surface area (TPSA) is 61.4 Å². The van der Waals surface area contributed by atoms with Crippen LogP contribution >= 0.6 is 11.7 Å². The van der Waals surface area contributed by atoms with Crippen molar-refractivity contribution in [2.24, 2.45) is 0 Å². The van der Waals surface area contributed by atoms with E-state index in [-0.39, 0.29) is 0 Å². The van der Waals surface area contributed by atoms with Gasteiger partial charge in [-0.1, -0.05) is 0 Å². The smallest absolute Gasteiger partial charge is 0.140 e. The Kier molecular flexibility index (Phi) is 3.63. The lowest BCUT2D eigenvalue weighted by Crippen LogP contribution is -2.10. The predicted octanol–water partition coefficient (Wildman–Crippen LogP) is 3.40. The number of benzene rings is 1. The van der Waals surface area contributed by atoms with E-state index in [0.717, 1.165) is 35.4 Å². The summed E-state index contributed by atoms with van der Waals surface area (Å²) in [6, 6.07) is 8.40. The van der Waals surface area contributed by atoms with Gasteiger partial charge in [-0.15, -0.1) is 0 Å². The summed E-state index contributed by atoms with van der Waals surface area (Å²) in [5.74, 6) is 0.966. The minimum absolute atomic E-state index is 0.334.